The fraction of sp³-hybridized carbons (Fsp3) is 0.500. The molecule has 152 valence electrons. The lowest BCUT2D eigenvalue weighted by Gasteiger charge is -2.34. The van der Waals surface area contributed by atoms with Gasteiger partial charge < -0.3 is 24.9 Å². The number of likely N-dealkylation sites (tertiary alicyclic amines) is 1. The number of aromatic amines is 1. The van der Waals surface area contributed by atoms with Gasteiger partial charge in [-0.15, -0.1) is 0 Å². The SMILES string of the molecule is COC(=O)c1[nH]c2cc(OC)ccc2c1NC(=O)CN1CCCC[C@@H]1CCO. The number of amides is 1. The summed E-state index contributed by atoms with van der Waals surface area (Å²) in [5.41, 5.74) is 1.28. The van der Waals surface area contributed by atoms with Crippen LogP contribution in [0.5, 0.6) is 5.75 Å². The summed E-state index contributed by atoms with van der Waals surface area (Å²) in [7, 11) is 2.86. The van der Waals surface area contributed by atoms with E-state index in [0.29, 0.717) is 28.8 Å². The third-order valence-electron chi connectivity index (χ3n) is 5.22. The number of rotatable bonds is 7. The van der Waals surface area contributed by atoms with Crippen molar-refractivity contribution in [2.75, 3.05) is 39.2 Å². The molecule has 3 N–H and O–H groups in total. The van der Waals surface area contributed by atoms with Gasteiger partial charge in [0.05, 0.1) is 32.0 Å². The number of aliphatic hydroxyl groups excluding tert-OH is 1. The van der Waals surface area contributed by atoms with Gasteiger partial charge in [0, 0.05) is 24.1 Å². The van der Waals surface area contributed by atoms with E-state index in [2.05, 4.69) is 15.2 Å². The van der Waals surface area contributed by atoms with Crippen LogP contribution in [0.2, 0.25) is 0 Å². The summed E-state index contributed by atoms with van der Waals surface area (Å²) < 4.78 is 10.1. The van der Waals surface area contributed by atoms with Gasteiger partial charge in [0.15, 0.2) is 0 Å². The summed E-state index contributed by atoms with van der Waals surface area (Å²) in [6, 6.07) is 5.54. The van der Waals surface area contributed by atoms with Crippen molar-refractivity contribution in [3.63, 3.8) is 0 Å². The van der Waals surface area contributed by atoms with Crippen LogP contribution in [-0.2, 0) is 9.53 Å². The van der Waals surface area contributed by atoms with Crippen LogP contribution in [0.15, 0.2) is 18.2 Å². The van der Waals surface area contributed by atoms with Crippen molar-refractivity contribution in [2.24, 2.45) is 0 Å². The second kappa shape index (κ2) is 9.07. The molecule has 3 rings (SSSR count). The lowest BCUT2D eigenvalue weighted by Crippen LogP contribution is -2.44. The van der Waals surface area contributed by atoms with Crippen molar-refractivity contribution >= 4 is 28.5 Å². The molecule has 1 aromatic carbocycles. The maximum atomic E-state index is 12.8. The molecule has 0 unspecified atom stereocenters. The van der Waals surface area contributed by atoms with Crippen molar-refractivity contribution in [3.8, 4) is 5.75 Å². The molecular formula is C20H27N3O5. The zero-order valence-electron chi connectivity index (χ0n) is 16.3. The highest BCUT2D eigenvalue weighted by Gasteiger charge is 2.26. The summed E-state index contributed by atoms with van der Waals surface area (Å²) in [5.74, 6) is -0.114. The fourth-order valence-electron chi connectivity index (χ4n) is 3.80. The van der Waals surface area contributed by atoms with Crippen molar-refractivity contribution in [1.82, 2.24) is 9.88 Å². The Labute approximate surface area is 163 Å². The normalized spacial score (nSPS) is 17.5. The molecule has 1 saturated heterocycles. The predicted octanol–water partition coefficient (Wildman–Crippen LogP) is 2.14. The average Bonchev–Trinajstić information content (AvgIpc) is 3.06. The van der Waals surface area contributed by atoms with Gasteiger partial charge in [0.2, 0.25) is 5.91 Å². The number of benzene rings is 1. The molecule has 1 aliphatic heterocycles. The van der Waals surface area contributed by atoms with Gasteiger partial charge in [-0.2, -0.15) is 0 Å². The maximum absolute atomic E-state index is 12.8. The van der Waals surface area contributed by atoms with Gasteiger partial charge in [0.25, 0.3) is 0 Å². The molecule has 0 saturated carbocycles. The van der Waals surface area contributed by atoms with Gasteiger partial charge in [0.1, 0.15) is 11.4 Å². The minimum absolute atomic E-state index is 0.111. The Morgan fingerprint density at radius 2 is 2.14 bits per heavy atom. The Balaban J connectivity index is 1.83. The number of fused-ring (bicyclic) bond motifs is 1. The molecule has 0 radical (unpaired) electrons. The van der Waals surface area contributed by atoms with Gasteiger partial charge >= 0.3 is 5.97 Å². The zero-order valence-corrected chi connectivity index (χ0v) is 16.3. The molecular weight excluding hydrogens is 362 g/mol. The number of ether oxygens (including phenoxy) is 2. The number of nitrogens with zero attached hydrogens (tertiary/aromatic N) is 1. The van der Waals surface area contributed by atoms with Crippen LogP contribution in [0.4, 0.5) is 5.69 Å². The molecule has 1 aromatic heterocycles. The second-order valence-electron chi connectivity index (χ2n) is 6.96. The second-order valence-corrected chi connectivity index (χ2v) is 6.96. The highest BCUT2D eigenvalue weighted by atomic mass is 16.5. The van der Waals surface area contributed by atoms with Crippen LogP contribution in [0.25, 0.3) is 10.9 Å². The monoisotopic (exact) mass is 389 g/mol. The predicted molar refractivity (Wildman–Crippen MR) is 106 cm³/mol. The van der Waals surface area contributed by atoms with Crippen LogP contribution in [0, 0.1) is 0 Å². The van der Waals surface area contributed by atoms with Gasteiger partial charge in [-0.05, 0) is 37.9 Å². The number of carbonyl (C=O) groups excluding carboxylic acids is 2. The Morgan fingerprint density at radius 3 is 2.86 bits per heavy atom. The lowest BCUT2D eigenvalue weighted by molar-refractivity contribution is -0.118. The molecule has 28 heavy (non-hydrogen) atoms. The summed E-state index contributed by atoms with van der Waals surface area (Å²) in [6.07, 6.45) is 3.79. The third kappa shape index (κ3) is 4.28. The molecule has 1 fully saturated rings. The number of nitrogens with one attached hydrogen (secondary N) is 2. The standard InChI is InChI=1S/C20H27N3O5/c1-27-14-6-7-15-16(11-14)21-19(20(26)28-2)18(15)22-17(25)12-23-9-4-3-5-13(23)8-10-24/h6-7,11,13,21,24H,3-5,8-10,12H2,1-2H3,(H,22,25)/t13-/m1/s1. The number of aliphatic hydroxyl groups is 1. The number of aromatic nitrogens is 1. The smallest absolute Gasteiger partial charge is 0.356 e. The minimum atomic E-state index is -0.554. The van der Waals surface area contributed by atoms with E-state index in [1.807, 2.05) is 0 Å². The molecule has 0 spiro atoms. The van der Waals surface area contributed by atoms with E-state index >= 15 is 0 Å². The Morgan fingerprint density at radius 1 is 1.32 bits per heavy atom. The Hall–Kier alpha value is -2.58. The van der Waals surface area contributed by atoms with E-state index in [4.69, 9.17) is 9.47 Å². The first-order chi connectivity index (χ1) is 13.6. The quantitative estimate of drug-likeness (QED) is 0.627. The van der Waals surface area contributed by atoms with E-state index in [1.54, 1.807) is 25.3 Å². The van der Waals surface area contributed by atoms with Crippen molar-refractivity contribution < 1.29 is 24.2 Å². The first kappa shape index (κ1) is 20.2. The van der Waals surface area contributed by atoms with Crippen molar-refractivity contribution in [3.05, 3.63) is 23.9 Å². The topological polar surface area (TPSA) is 104 Å². The van der Waals surface area contributed by atoms with Crippen LogP contribution < -0.4 is 10.1 Å². The maximum Gasteiger partial charge on any atom is 0.356 e. The first-order valence-corrected chi connectivity index (χ1v) is 9.50. The third-order valence-corrected chi connectivity index (χ3v) is 5.22. The van der Waals surface area contributed by atoms with E-state index in [0.717, 1.165) is 25.8 Å². The molecule has 2 aromatic rings. The molecule has 1 aliphatic rings. The molecule has 0 bridgehead atoms. The van der Waals surface area contributed by atoms with Crippen LogP contribution in [0.1, 0.15) is 36.2 Å². The molecule has 1 amide bonds. The number of anilines is 1. The highest BCUT2D eigenvalue weighted by molar-refractivity contribution is 6.11. The van der Waals surface area contributed by atoms with Gasteiger partial charge in [-0.25, -0.2) is 4.79 Å². The number of hydrogen-bond acceptors (Lipinski definition) is 6. The van der Waals surface area contributed by atoms with Crippen LogP contribution in [-0.4, -0.2) is 66.8 Å². The highest BCUT2D eigenvalue weighted by Crippen LogP contribution is 2.31. The molecule has 1 atom stereocenters. The number of carbonyl (C=O) groups is 2. The fourth-order valence-corrected chi connectivity index (χ4v) is 3.80. The van der Waals surface area contributed by atoms with Crippen LogP contribution >= 0.6 is 0 Å². The lowest BCUT2D eigenvalue weighted by atomic mass is 9.99. The zero-order chi connectivity index (χ0) is 20.1. The average molecular weight is 389 g/mol. The van der Waals surface area contributed by atoms with Crippen LogP contribution in [0.3, 0.4) is 0 Å². The summed E-state index contributed by atoms with van der Waals surface area (Å²) >= 11 is 0. The number of piperidine rings is 1. The largest absolute Gasteiger partial charge is 0.497 e. The molecule has 0 aliphatic carbocycles. The minimum Gasteiger partial charge on any atom is -0.497 e. The molecule has 8 heteroatoms. The number of esters is 1. The summed E-state index contributed by atoms with van der Waals surface area (Å²) in [6.45, 7) is 1.15. The number of methoxy groups -OCH3 is 2. The molecule has 2 heterocycles. The van der Waals surface area contributed by atoms with Crippen molar-refractivity contribution in [2.45, 2.75) is 31.7 Å². The van der Waals surface area contributed by atoms with E-state index in [9.17, 15) is 14.7 Å². The Bertz CT molecular complexity index is 846. The summed E-state index contributed by atoms with van der Waals surface area (Å²) in [4.78, 5) is 30.1. The van der Waals surface area contributed by atoms with E-state index < -0.39 is 5.97 Å². The van der Waals surface area contributed by atoms with Crippen molar-refractivity contribution in [1.29, 1.82) is 0 Å². The van der Waals surface area contributed by atoms with E-state index in [1.165, 1.54) is 7.11 Å². The summed E-state index contributed by atoms with van der Waals surface area (Å²) in [5, 5.41) is 12.9. The molecule has 8 nitrogen and oxygen atoms in total. The van der Waals surface area contributed by atoms with Gasteiger partial charge in [-0.1, -0.05) is 6.42 Å². The number of H-pyrrole nitrogens is 1. The number of hydrogen-bond donors (Lipinski definition) is 3. The van der Waals surface area contributed by atoms with E-state index in [-0.39, 0.29) is 30.8 Å². The first-order valence-electron chi connectivity index (χ1n) is 9.50. The Kier molecular flexibility index (Phi) is 6.53. The van der Waals surface area contributed by atoms with Gasteiger partial charge in [-0.3, -0.25) is 9.69 Å².